The van der Waals surface area contributed by atoms with Gasteiger partial charge in [0.05, 0.1) is 23.4 Å². The Morgan fingerprint density at radius 1 is 1.24 bits per heavy atom. The molecule has 0 amide bonds. The Hall–Kier alpha value is -2.75. The maximum Gasteiger partial charge on any atom is 0.255 e. The van der Waals surface area contributed by atoms with Crippen molar-refractivity contribution in [2.45, 2.75) is 40.2 Å². The van der Waals surface area contributed by atoms with Crippen LogP contribution in [0.3, 0.4) is 0 Å². The maximum atomic E-state index is 12.8. The van der Waals surface area contributed by atoms with E-state index in [1.165, 1.54) is 5.56 Å². The van der Waals surface area contributed by atoms with E-state index < -0.39 is 0 Å². The summed E-state index contributed by atoms with van der Waals surface area (Å²) in [6.07, 6.45) is 1.27. The molecule has 4 rings (SSSR count). The number of hydrogen-bond donors (Lipinski definition) is 0. The van der Waals surface area contributed by atoms with Crippen molar-refractivity contribution in [1.82, 2.24) is 9.55 Å². The summed E-state index contributed by atoms with van der Waals surface area (Å²) in [7, 11) is 0. The lowest BCUT2D eigenvalue weighted by atomic mass is 9.98. The molecule has 25 heavy (non-hydrogen) atoms. The number of nitrogens with zero attached hydrogens (tertiary/aromatic N) is 2. The molecule has 3 heterocycles. The van der Waals surface area contributed by atoms with Crippen molar-refractivity contribution in [1.29, 1.82) is 0 Å². The van der Waals surface area contributed by atoms with Crippen molar-refractivity contribution in [3.05, 3.63) is 62.9 Å². The lowest BCUT2D eigenvalue weighted by molar-refractivity contribution is 0.0987. The van der Waals surface area contributed by atoms with Crippen molar-refractivity contribution in [3.8, 4) is 11.4 Å². The van der Waals surface area contributed by atoms with E-state index >= 15 is 0 Å². The molecule has 126 valence electrons. The predicted octanol–water partition coefficient (Wildman–Crippen LogP) is 3.89. The molecule has 0 radical (unpaired) electrons. The summed E-state index contributed by atoms with van der Waals surface area (Å²) >= 11 is 0. The van der Waals surface area contributed by atoms with Gasteiger partial charge in [-0.2, -0.15) is 0 Å². The molecule has 0 fully saturated rings. The number of aromatic nitrogens is 2. The Morgan fingerprint density at radius 3 is 2.72 bits per heavy atom. The van der Waals surface area contributed by atoms with Crippen molar-refractivity contribution in [2.75, 3.05) is 0 Å². The molecule has 1 aliphatic heterocycles. The van der Waals surface area contributed by atoms with Crippen LogP contribution in [0.4, 0.5) is 0 Å². The van der Waals surface area contributed by atoms with E-state index in [0.717, 1.165) is 34.3 Å². The second-order valence-corrected chi connectivity index (χ2v) is 6.52. The number of pyridine rings is 2. The van der Waals surface area contributed by atoms with Gasteiger partial charge in [0.1, 0.15) is 0 Å². The van der Waals surface area contributed by atoms with E-state index in [9.17, 15) is 9.59 Å². The highest BCUT2D eigenvalue weighted by Crippen LogP contribution is 2.36. The minimum absolute atomic E-state index is 0.00274. The number of rotatable bonds is 3. The van der Waals surface area contributed by atoms with Crippen LogP contribution in [0.1, 0.15) is 47.3 Å². The summed E-state index contributed by atoms with van der Waals surface area (Å²) in [6, 6.07) is 9.94. The third-order valence-corrected chi connectivity index (χ3v) is 5.19. The summed E-state index contributed by atoms with van der Waals surface area (Å²) in [5.74, 6) is 0.00274. The Balaban J connectivity index is 2.07. The van der Waals surface area contributed by atoms with Gasteiger partial charge in [-0.15, -0.1) is 0 Å². The summed E-state index contributed by atoms with van der Waals surface area (Å²) in [4.78, 5) is 29.9. The van der Waals surface area contributed by atoms with Crippen molar-refractivity contribution >= 4 is 16.7 Å². The minimum Gasteiger partial charge on any atom is -0.302 e. The molecule has 0 saturated heterocycles. The van der Waals surface area contributed by atoms with Gasteiger partial charge in [0, 0.05) is 28.5 Å². The molecule has 2 aromatic heterocycles. The number of para-hydroxylation sites is 1. The summed E-state index contributed by atoms with van der Waals surface area (Å²) in [5.41, 5.74) is 5.87. The lowest BCUT2D eigenvalue weighted by Crippen LogP contribution is -2.24. The van der Waals surface area contributed by atoms with Gasteiger partial charge in [-0.1, -0.05) is 32.0 Å². The zero-order chi connectivity index (χ0) is 17.7. The number of carbonyl (C=O) groups excluding carboxylic acids is 1. The topological polar surface area (TPSA) is 52.0 Å². The van der Waals surface area contributed by atoms with E-state index in [1.807, 2.05) is 31.2 Å². The van der Waals surface area contributed by atoms with Gasteiger partial charge < -0.3 is 4.57 Å². The minimum atomic E-state index is -0.0848. The highest BCUT2D eigenvalue weighted by atomic mass is 16.1. The molecule has 3 aromatic rings. The second kappa shape index (κ2) is 5.66. The van der Waals surface area contributed by atoms with Gasteiger partial charge in [-0.25, -0.2) is 4.98 Å². The van der Waals surface area contributed by atoms with Crippen molar-refractivity contribution in [2.24, 2.45) is 0 Å². The molecule has 0 atom stereocenters. The van der Waals surface area contributed by atoms with E-state index in [0.29, 0.717) is 24.1 Å². The first-order valence-corrected chi connectivity index (χ1v) is 8.75. The fraction of sp³-hybridized carbons (Fsp3) is 0.286. The SMILES string of the molecule is CCC(=O)c1cc2n(c(=O)c1C)Cc1c-2nc2ccccc2c1CC. The van der Waals surface area contributed by atoms with Crippen LogP contribution in [-0.2, 0) is 13.0 Å². The van der Waals surface area contributed by atoms with Crippen LogP contribution in [0, 0.1) is 6.92 Å². The Morgan fingerprint density at radius 2 is 2.00 bits per heavy atom. The highest BCUT2D eigenvalue weighted by molar-refractivity contribution is 5.98. The molecule has 1 aromatic carbocycles. The van der Waals surface area contributed by atoms with Crippen LogP contribution in [-0.4, -0.2) is 15.3 Å². The highest BCUT2D eigenvalue weighted by Gasteiger charge is 2.27. The zero-order valence-electron chi connectivity index (χ0n) is 14.7. The Labute approximate surface area is 146 Å². The summed E-state index contributed by atoms with van der Waals surface area (Å²) in [6.45, 7) is 6.23. The molecular weight excluding hydrogens is 312 g/mol. The number of benzene rings is 1. The number of Topliss-reactive ketones (excluding diaryl/α,β-unsaturated/α-hetero) is 1. The first kappa shape index (κ1) is 15.8. The summed E-state index contributed by atoms with van der Waals surface area (Å²) < 4.78 is 1.76. The van der Waals surface area contributed by atoms with Gasteiger partial charge >= 0.3 is 0 Å². The number of hydrogen-bond acceptors (Lipinski definition) is 3. The molecule has 1 aliphatic rings. The number of ketones is 1. The van der Waals surface area contributed by atoms with Crippen LogP contribution in [0.2, 0.25) is 0 Å². The second-order valence-electron chi connectivity index (χ2n) is 6.52. The fourth-order valence-corrected chi connectivity index (χ4v) is 3.85. The van der Waals surface area contributed by atoms with Gasteiger partial charge in [0.2, 0.25) is 0 Å². The third-order valence-electron chi connectivity index (χ3n) is 5.19. The van der Waals surface area contributed by atoms with Crippen molar-refractivity contribution in [3.63, 3.8) is 0 Å². The molecular formula is C21H20N2O2. The molecule has 0 saturated carbocycles. The quantitative estimate of drug-likeness (QED) is 0.535. The first-order chi connectivity index (χ1) is 12.1. The van der Waals surface area contributed by atoms with Crippen LogP contribution in [0.25, 0.3) is 22.3 Å². The van der Waals surface area contributed by atoms with Crippen LogP contribution in [0.5, 0.6) is 0 Å². The monoisotopic (exact) mass is 332 g/mol. The van der Waals surface area contributed by atoms with Gasteiger partial charge in [-0.3, -0.25) is 9.59 Å². The largest absolute Gasteiger partial charge is 0.302 e. The fourth-order valence-electron chi connectivity index (χ4n) is 3.85. The van der Waals surface area contributed by atoms with Crippen LogP contribution < -0.4 is 5.56 Å². The van der Waals surface area contributed by atoms with Gasteiger partial charge in [0.15, 0.2) is 5.78 Å². The molecule has 0 spiro atoms. The summed E-state index contributed by atoms with van der Waals surface area (Å²) in [5, 5.41) is 1.14. The normalized spacial score (nSPS) is 12.3. The standard InChI is InChI=1S/C21H20N2O2/c1-4-13-14-8-6-7-9-17(14)22-20-16(13)11-23-18(20)10-15(19(24)5-2)12(3)21(23)25/h6-10H,4-5,11H2,1-3H3. The van der Waals surface area contributed by atoms with Crippen LogP contribution >= 0.6 is 0 Å². The van der Waals surface area contributed by atoms with Gasteiger partial charge in [-0.05, 0) is 31.0 Å². The molecule has 0 aliphatic carbocycles. The van der Waals surface area contributed by atoms with Crippen LogP contribution in [0.15, 0.2) is 35.1 Å². The van der Waals surface area contributed by atoms with E-state index in [1.54, 1.807) is 11.5 Å². The van der Waals surface area contributed by atoms with Crippen molar-refractivity contribution < 1.29 is 4.79 Å². The lowest BCUT2D eigenvalue weighted by Gasteiger charge is -2.10. The van der Waals surface area contributed by atoms with Gasteiger partial charge in [0.25, 0.3) is 5.56 Å². The Kier molecular flexibility index (Phi) is 3.57. The third kappa shape index (κ3) is 2.17. The molecule has 0 N–H and O–H groups in total. The number of carbonyl (C=O) groups is 1. The molecule has 4 heteroatoms. The smallest absolute Gasteiger partial charge is 0.255 e. The average Bonchev–Trinajstić information content (AvgIpc) is 3.00. The molecule has 0 bridgehead atoms. The maximum absolute atomic E-state index is 12.8. The molecule has 0 unspecified atom stereocenters. The van der Waals surface area contributed by atoms with E-state index in [4.69, 9.17) is 4.98 Å². The molecule has 4 nitrogen and oxygen atoms in total. The Bertz CT molecular complexity index is 1090. The zero-order valence-corrected chi connectivity index (χ0v) is 14.7. The van der Waals surface area contributed by atoms with E-state index in [2.05, 4.69) is 13.0 Å². The number of aryl methyl sites for hydroxylation is 1. The van der Waals surface area contributed by atoms with E-state index in [-0.39, 0.29) is 11.3 Å². The first-order valence-electron chi connectivity index (χ1n) is 8.75. The number of fused-ring (bicyclic) bond motifs is 4. The predicted molar refractivity (Wildman–Crippen MR) is 99.3 cm³/mol. The average molecular weight is 332 g/mol.